The highest BCUT2D eigenvalue weighted by Gasteiger charge is 2.53. The molecule has 8 nitrogen and oxygen atoms in total. The van der Waals surface area contributed by atoms with Crippen LogP contribution >= 0.6 is 0 Å². The summed E-state index contributed by atoms with van der Waals surface area (Å²) in [4.78, 5) is 29.9. The highest BCUT2D eigenvalue weighted by atomic mass is 16.5. The van der Waals surface area contributed by atoms with Gasteiger partial charge in [-0.25, -0.2) is 9.69 Å². The van der Waals surface area contributed by atoms with Gasteiger partial charge in [0, 0.05) is 17.0 Å². The number of ether oxygens (including phenoxy) is 2. The zero-order valence-electron chi connectivity index (χ0n) is 16.3. The van der Waals surface area contributed by atoms with Gasteiger partial charge in [-0.15, -0.1) is 0 Å². The zero-order chi connectivity index (χ0) is 20.3. The van der Waals surface area contributed by atoms with Crippen LogP contribution in [0.25, 0.3) is 0 Å². The van der Waals surface area contributed by atoms with Gasteiger partial charge in [0.25, 0.3) is 5.91 Å². The van der Waals surface area contributed by atoms with Gasteiger partial charge in [-0.3, -0.25) is 4.79 Å². The van der Waals surface area contributed by atoms with Crippen LogP contribution in [0.3, 0.4) is 0 Å². The first kappa shape index (κ1) is 17.8. The predicted octanol–water partition coefficient (Wildman–Crippen LogP) is 3.02. The molecule has 8 heteroatoms. The maximum Gasteiger partial charge on any atom is 0.329 e. The Hall–Kier alpha value is -3.29. The molecule has 2 fully saturated rings. The number of benzene rings is 1. The van der Waals surface area contributed by atoms with E-state index in [0.717, 1.165) is 34.6 Å². The van der Waals surface area contributed by atoms with Gasteiger partial charge in [-0.2, -0.15) is 4.98 Å². The number of aryl methyl sites for hydroxylation is 1. The van der Waals surface area contributed by atoms with E-state index >= 15 is 0 Å². The molecule has 1 aromatic heterocycles. The van der Waals surface area contributed by atoms with Crippen molar-refractivity contribution in [2.75, 3.05) is 17.2 Å². The number of carbonyl (C=O) groups is 2. The fourth-order valence-electron chi connectivity index (χ4n) is 4.11. The van der Waals surface area contributed by atoms with Crippen molar-refractivity contribution in [3.8, 4) is 17.4 Å². The van der Waals surface area contributed by atoms with Crippen LogP contribution in [-0.4, -0.2) is 29.6 Å². The van der Waals surface area contributed by atoms with E-state index < -0.39 is 12.1 Å². The lowest BCUT2D eigenvalue weighted by atomic mass is 9.95. The molecule has 3 heterocycles. The fraction of sp³-hybridized carbons (Fsp3) is 0.381. The van der Waals surface area contributed by atoms with Crippen molar-refractivity contribution in [2.24, 2.45) is 0 Å². The number of nitrogen functional groups attached to an aromatic ring is 1. The summed E-state index contributed by atoms with van der Waals surface area (Å²) in [6.07, 6.45) is 2.68. The quantitative estimate of drug-likeness (QED) is 0.772. The van der Waals surface area contributed by atoms with Gasteiger partial charge in [0.05, 0.1) is 12.3 Å². The second kappa shape index (κ2) is 6.10. The lowest BCUT2D eigenvalue weighted by Crippen LogP contribution is -2.32. The van der Waals surface area contributed by atoms with E-state index in [1.54, 1.807) is 12.1 Å². The standard InChI is InChI=1S/C21H22N4O4/c1-3-12-19(26)25(20(27)23-12)13-5-7-15(24-18(13)22)29-14-6-4-11(2)17-16(14)21(8-9-21)10-28-17/h4-7,12H,3,8-10H2,1-2H3,(H2,22,24)(H,23,27)/t12-/m1/s1. The number of anilines is 2. The van der Waals surface area contributed by atoms with E-state index in [1.807, 2.05) is 26.0 Å². The van der Waals surface area contributed by atoms with Crippen molar-refractivity contribution in [2.45, 2.75) is 44.6 Å². The van der Waals surface area contributed by atoms with E-state index in [4.69, 9.17) is 15.2 Å². The maximum atomic E-state index is 12.4. The Morgan fingerprint density at radius 1 is 1.31 bits per heavy atom. The molecule has 150 valence electrons. The lowest BCUT2D eigenvalue weighted by molar-refractivity contribution is -0.118. The van der Waals surface area contributed by atoms with Gasteiger partial charge >= 0.3 is 6.03 Å². The van der Waals surface area contributed by atoms with E-state index in [9.17, 15) is 9.59 Å². The number of aromatic nitrogens is 1. The number of nitrogens with one attached hydrogen (secondary N) is 1. The van der Waals surface area contributed by atoms with Crippen molar-refractivity contribution in [3.05, 3.63) is 35.4 Å². The summed E-state index contributed by atoms with van der Waals surface area (Å²) >= 11 is 0. The fourth-order valence-corrected chi connectivity index (χ4v) is 4.11. The Balaban J connectivity index is 1.45. The van der Waals surface area contributed by atoms with Crippen LogP contribution in [0.1, 0.15) is 37.3 Å². The molecule has 1 saturated carbocycles. The Bertz CT molecular complexity index is 1050. The number of urea groups is 1. The molecule has 5 rings (SSSR count). The third-order valence-corrected chi connectivity index (χ3v) is 5.95. The smallest absolute Gasteiger partial charge is 0.329 e. The first-order valence-corrected chi connectivity index (χ1v) is 9.79. The van der Waals surface area contributed by atoms with Crippen LogP contribution in [0.4, 0.5) is 16.3 Å². The van der Waals surface area contributed by atoms with Crippen molar-refractivity contribution in [1.82, 2.24) is 10.3 Å². The number of fused-ring (bicyclic) bond motifs is 2. The first-order chi connectivity index (χ1) is 13.9. The predicted molar refractivity (Wildman–Crippen MR) is 106 cm³/mol. The van der Waals surface area contributed by atoms with Crippen LogP contribution in [-0.2, 0) is 10.2 Å². The van der Waals surface area contributed by atoms with Crippen LogP contribution in [0.2, 0.25) is 0 Å². The molecule has 2 aliphatic heterocycles. The minimum absolute atomic E-state index is 0.0530. The SMILES string of the molecule is CC[C@H]1NC(=O)N(c2ccc(Oc3ccc(C)c4c3C3(CC3)CO4)nc2N)C1=O. The molecule has 3 N–H and O–H groups in total. The lowest BCUT2D eigenvalue weighted by Gasteiger charge is -2.17. The van der Waals surface area contributed by atoms with Gasteiger partial charge in [0.2, 0.25) is 5.88 Å². The number of imide groups is 1. The largest absolute Gasteiger partial charge is 0.492 e. The van der Waals surface area contributed by atoms with Crippen molar-refractivity contribution in [3.63, 3.8) is 0 Å². The van der Waals surface area contributed by atoms with E-state index in [-0.39, 0.29) is 22.8 Å². The minimum Gasteiger partial charge on any atom is -0.492 e. The highest BCUT2D eigenvalue weighted by Crippen LogP contribution is 2.59. The third-order valence-electron chi connectivity index (χ3n) is 5.95. The highest BCUT2D eigenvalue weighted by molar-refractivity contribution is 6.22. The zero-order valence-corrected chi connectivity index (χ0v) is 16.3. The summed E-state index contributed by atoms with van der Waals surface area (Å²) in [5.41, 5.74) is 8.57. The Morgan fingerprint density at radius 3 is 2.76 bits per heavy atom. The van der Waals surface area contributed by atoms with Gasteiger partial charge in [-0.05, 0) is 43.9 Å². The molecular weight excluding hydrogens is 372 g/mol. The Kier molecular flexibility index (Phi) is 3.74. The van der Waals surface area contributed by atoms with Crippen molar-refractivity contribution >= 4 is 23.4 Å². The molecule has 0 radical (unpaired) electrons. The second-order valence-corrected chi connectivity index (χ2v) is 7.89. The number of amides is 3. The molecule has 2 aromatic rings. The molecular formula is C21H22N4O4. The minimum atomic E-state index is -0.539. The number of pyridine rings is 1. The average Bonchev–Trinajstić information content (AvgIpc) is 3.28. The van der Waals surface area contributed by atoms with Gasteiger partial charge in [0.1, 0.15) is 17.5 Å². The maximum absolute atomic E-state index is 12.4. The summed E-state index contributed by atoms with van der Waals surface area (Å²) in [5, 5.41) is 2.64. The van der Waals surface area contributed by atoms with Crippen LogP contribution in [0, 0.1) is 6.92 Å². The average molecular weight is 394 g/mol. The number of carbonyl (C=O) groups excluding carboxylic acids is 2. The Labute approximate surface area is 168 Å². The summed E-state index contributed by atoms with van der Waals surface area (Å²) in [5.74, 6) is 1.64. The Morgan fingerprint density at radius 2 is 2.10 bits per heavy atom. The van der Waals surface area contributed by atoms with Gasteiger partial charge < -0.3 is 20.5 Å². The topological polar surface area (TPSA) is 107 Å². The number of rotatable bonds is 4. The van der Waals surface area contributed by atoms with E-state index in [1.165, 1.54) is 0 Å². The summed E-state index contributed by atoms with van der Waals surface area (Å²) in [6.45, 7) is 4.54. The summed E-state index contributed by atoms with van der Waals surface area (Å²) in [7, 11) is 0. The van der Waals surface area contributed by atoms with E-state index in [2.05, 4.69) is 10.3 Å². The van der Waals surface area contributed by atoms with Gasteiger partial charge in [0.15, 0.2) is 5.82 Å². The number of hydrogen-bond acceptors (Lipinski definition) is 6. The number of nitrogens with zero attached hydrogens (tertiary/aromatic N) is 2. The van der Waals surface area contributed by atoms with Crippen LogP contribution < -0.4 is 25.4 Å². The summed E-state index contributed by atoms with van der Waals surface area (Å²) < 4.78 is 12.0. The molecule has 1 aliphatic carbocycles. The number of nitrogens with two attached hydrogens (primary N) is 1. The van der Waals surface area contributed by atoms with Crippen LogP contribution in [0.5, 0.6) is 17.4 Å². The number of hydrogen-bond donors (Lipinski definition) is 2. The summed E-state index contributed by atoms with van der Waals surface area (Å²) in [6, 6.07) is 6.07. The molecule has 1 saturated heterocycles. The molecule has 1 spiro atoms. The van der Waals surface area contributed by atoms with Crippen molar-refractivity contribution in [1.29, 1.82) is 0 Å². The molecule has 0 unspecified atom stereocenters. The van der Waals surface area contributed by atoms with E-state index in [0.29, 0.717) is 24.7 Å². The molecule has 29 heavy (non-hydrogen) atoms. The van der Waals surface area contributed by atoms with Crippen LogP contribution in [0.15, 0.2) is 24.3 Å². The molecule has 1 aromatic carbocycles. The molecule has 3 aliphatic rings. The molecule has 1 atom stereocenters. The van der Waals surface area contributed by atoms with Gasteiger partial charge in [-0.1, -0.05) is 13.0 Å². The normalized spacial score (nSPS) is 21.2. The van der Waals surface area contributed by atoms with Crippen molar-refractivity contribution < 1.29 is 19.1 Å². The molecule has 0 bridgehead atoms. The monoisotopic (exact) mass is 394 g/mol. The second-order valence-electron chi connectivity index (χ2n) is 7.89. The first-order valence-electron chi connectivity index (χ1n) is 9.79. The third kappa shape index (κ3) is 2.62. The molecule has 3 amide bonds.